The molecule has 4 nitrogen and oxygen atoms in total. The van der Waals surface area contributed by atoms with Crippen molar-refractivity contribution in [3.05, 3.63) is 22.4 Å². The average molecular weight is 303 g/mol. The summed E-state index contributed by atoms with van der Waals surface area (Å²) in [6.07, 6.45) is 1.98. The van der Waals surface area contributed by atoms with Gasteiger partial charge in [0.2, 0.25) is 5.91 Å². The van der Waals surface area contributed by atoms with Crippen molar-refractivity contribution in [1.29, 1.82) is 0 Å². The van der Waals surface area contributed by atoms with Crippen molar-refractivity contribution >= 4 is 29.7 Å². The molecular weight excluding hydrogens is 284 g/mol. The van der Waals surface area contributed by atoms with Gasteiger partial charge in [-0.3, -0.25) is 4.79 Å². The van der Waals surface area contributed by atoms with Gasteiger partial charge in [-0.25, -0.2) is 0 Å². The molecule has 6 heteroatoms. The molecule has 2 aliphatic rings. The van der Waals surface area contributed by atoms with Crippen molar-refractivity contribution in [2.75, 3.05) is 13.1 Å². The number of carbonyl (C=O) groups is 1. The Balaban J connectivity index is 0.00000133. The van der Waals surface area contributed by atoms with E-state index >= 15 is 0 Å². The summed E-state index contributed by atoms with van der Waals surface area (Å²) in [5.74, 6) is 0.599. The molecule has 1 amide bonds. The zero-order valence-corrected chi connectivity index (χ0v) is 12.3. The van der Waals surface area contributed by atoms with Gasteiger partial charge in [0.05, 0.1) is 12.6 Å². The van der Waals surface area contributed by atoms with Crippen molar-refractivity contribution < 1.29 is 9.53 Å². The van der Waals surface area contributed by atoms with Crippen molar-refractivity contribution in [2.45, 2.75) is 31.6 Å². The molecule has 3 atom stereocenters. The number of thiophene rings is 1. The highest BCUT2D eigenvalue weighted by Gasteiger charge is 2.39. The molecule has 1 aromatic rings. The highest BCUT2D eigenvalue weighted by molar-refractivity contribution is 7.09. The lowest BCUT2D eigenvalue weighted by Gasteiger charge is -2.24. The van der Waals surface area contributed by atoms with Gasteiger partial charge in [-0.1, -0.05) is 6.07 Å². The fourth-order valence-electron chi connectivity index (χ4n) is 2.72. The Bertz CT molecular complexity index is 399. The van der Waals surface area contributed by atoms with Crippen LogP contribution in [-0.2, 0) is 16.1 Å². The van der Waals surface area contributed by atoms with Crippen LogP contribution in [0.3, 0.4) is 0 Å². The number of amides is 1. The van der Waals surface area contributed by atoms with Gasteiger partial charge in [0.15, 0.2) is 0 Å². The molecule has 3 rings (SSSR count). The zero-order valence-electron chi connectivity index (χ0n) is 10.6. The Morgan fingerprint density at radius 1 is 1.58 bits per heavy atom. The highest BCUT2D eigenvalue weighted by Crippen LogP contribution is 2.30. The van der Waals surface area contributed by atoms with E-state index in [4.69, 9.17) is 4.74 Å². The van der Waals surface area contributed by atoms with Crippen molar-refractivity contribution in [3.8, 4) is 0 Å². The Morgan fingerprint density at radius 2 is 2.47 bits per heavy atom. The Kier molecular flexibility index (Phi) is 5.21. The molecule has 2 fully saturated rings. The molecular formula is C13H19ClN2O2S. The first-order chi connectivity index (χ1) is 8.83. The minimum atomic E-state index is -0.250. The van der Waals surface area contributed by atoms with E-state index in [1.807, 2.05) is 17.5 Å². The summed E-state index contributed by atoms with van der Waals surface area (Å²) in [5, 5.41) is 8.30. The van der Waals surface area contributed by atoms with E-state index in [2.05, 4.69) is 10.6 Å². The summed E-state index contributed by atoms with van der Waals surface area (Å²) in [5.41, 5.74) is 0. The normalized spacial score (nSPS) is 29.4. The van der Waals surface area contributed by atoms with Gasteiger partial charge in [-0.15, -0.1) is 23.7 Å². The van der Waals surface area contributed by atoms with Gasteiger partial charge in [0.1, 0.15) is 6.10 Å². The minimum absolute atomic E-state index is 0. The molecule has 2 aliphatic heterocycles. The van der Waals surface area contributed by atoms with E-state index in [9.17, 15) is 4.79 Å². The molecule has 2 saturated heterocycles. The number of carbonyl (C=O) groups excluding carboxylic acids is 1. The topological polar surface area (TPSA) is 50.4 Å². The molecule has 19 heavy (non-hydrogen) atoms. The predicted octanol–water partition coefficient (Wildman–Crippen LogP) is 1.55. The highest BCUT2D eigenvalue weighted by atomic mass is 35.5. The maximum atomic E-state index is 12.0. The van der Waals surface area contributed by atoms with Crippen molar-refractivity contribution in [3.63, 3.8) is 0 Å². The average Bonchev–Trinajstić information content (AvgIpc) is 3.04. The molecule has 3 heterocycles. The van der Waals surface area contributed by atoms with Crippen LogP contribution < -0.4 is 10.6 Å². The van der Waals surface area contributed by atoms with Gasteiger partial charge in [0, 0.05) is 11.4 Å². The second-order valence-corrected chi connectivity index (χ2v) is 5.98. The third-order valence-electron chi connectivity index (χ3n) is 3.73. The summed E-state index contributed by atoms with van der Waals surface area (Å²) in [7, 11) is 0. The lowest BCUT2D eigenvalue weighted by atomic mass is 9.93. The number of ether oxygens (including phenoxy) is 1. The largest absolute Gasteiger partial charge is 0.364 e. The van der Waals surface area contributed by atoms with Crippen LogP contribution in [0.4, 0.5) is 0 Å². The first kappa shape index (κ1) is 14.8. The van der Waals surface area contributed by atoms with Gasteiger partial charge in [-0.05, 0) is 36.8 Å². The zero-order chi connectivity index (χ0) is 12.4. The standard InChI is InChI=1S/C13H18N2O2S.ClH/c16-13(15-7-10-2-1-5-18-10)11-6-9-3-4-14-8-12(9)17-11;/h1-2,5,9,11-12,14H,3-4,6-8H2,(H,15,16);1H/t9-,11-,12+;/m0./s1. The Labute approximate surface area is 123 Å². The van der Waals surface area contributed by atoms with Crippen molar-refractivity contribution in [1.82, 2.24) is 10.6 Å². The third-order valence-corrected chi connectivity index (χ3v) is 4.60. The van der Waals surface area contributed by atoms with Crippen LogP contribution in [0.25, 0.3) is 0 Å². The second-order valence-electron chi connectivity index (χ2n) is 4.95. The van der Waals surface area contributed by atoms with E-state index in [-0.39, 0.29) is 30.5 Å². The van der Waals surface area contributed by atoms with Gasteiger partial charge in [0.25, 0.3) is 0 Å². The molecule has 0 unspecified atom stereocenters. The van der Waals surface area contributed by atoms with Crippen LogP contribution in [0.1, 0.15) is 17.7 Å². The SMILES string of the molecule is Cl.O=C(NCc1cccs1)[C@@H]1C[C@@H]2CCNC[C@H]2O1. The first-order valence-corrected chi connectivity index (χ1v) is 7.37. The van der Waals surface area contributed by atoms with Crippen LogP contribution in [0.15, 0.2) is 17.5 Å². The minimum Gasteiger partial charge on any atom is -0.364 e. The summed E-state index contributed by atoms with van der Waals surface area (Å²) in [6, 6.07) is 4.03. The second kappa shape index (κ2) is 6.70. The summed E-state index contributed by atoms with van der Waals surface area (Å²) in [6.45, 7) is 2.55. The van der Waals surface area contributed by atoms with Crippen LogP contribution in [0, 0.1) is 5.92 Å². The third kappa shape index (κ3) is 3.48. The maximum absolute atomic E-state index is 12.0. The molecule has 0 saturated carbocycles. The van der Waals surface area contributed by atoms with Gasteiger partial charge in [-0.2, -0.15) is 0 Å². The molecule has 0 bridgehead atoms. The number of fused-ring (bicyclic) bond motifs is 1. The van der Waals surface area contributed by atoms with Gasteiger partial charge >= 0.3 is 0 Å². The number of nitrogens with one attached hydrogen (secondary N) is 2. The molecule has 2 N–H and O–H groups in total. The van der Waals surface area contributed by atoms with E-state index in [1.54, 1.807) is 11.3 Å². The fraction of sp³-hybridized carbons (Fsp3) is 0.615. The molecule has 1 aromatic heterocycles. The van der Waals surface area contributed by atoms with Crippen LogP contribution in [-0.4, -0.2) is 31.2 Å². The summed E-state index contributed by atoms with van der Waals surface area (Å²) < 4.78 is 5.83. The smallest absolute Gasteiger partial charge is 0.249 e. The molecule has 0 radical (unpaired) electrons. The monoisotopic (exact) mass is 302 g/mol. The van der Waals surface area contributed by atoms with Crippen LogP contribution >= 0.6 is 23.7 Å². The number of rotatable bonds is 3. The Hall–Kier alpha value is -0.620. The number of hydrogen-bond donors (Lipinski definition) is 2. The van der Waals surface area contributed by atoms with Crippen LogP contribution in [0.5, 0.6) is 0 Å². The van der Waals surface area contributed by atoms with Gasteiger partial charge < -0.3 is 15.4 Å². The van der Waals surface area contributed by atoms with Crippen molar-refractivity contribution in [2.24, 2.45) is 5.92 Å². The maximum Gasteiger partial charge on any atom is 0.249 e. The first-order valence-electron chi connectivity index (χ1n) is 6.49. The molecule has 106 valence electrons. The van der Waals surface area contributed by atoms with E-state index in [0.717, 1.165) is 25.9 Å². The molecule has 0 aromatic carbocycles. The predicted molar refractivity (Wildman–Crippen MR) is 77.7 cm³/mol. The lowest BCUT2D eigenvalue weighted by molar-refractivity contribution is -0.132. The lowest BCUT2D eigenvalue weighted by Crippen LogP contribution is -2.39. The van der Waals surface area contributed by atoms with E-state index in [1.165, 1.54) is 4.88 Å². The fourth-order valence-corrected chi connectivity index (χ4v) is 3.37. The van der Waals surface area contributed by atoms with Crippen LogP contribution in [0.2, 0.25) is 0 Å². The summed E-state index contributed by atoms with van der Waals surface area (Å²) in [4.78, 5) is 13.2. The molecule has 0 aliphatic carbocycles. The van der Waals surface area contributed by atoms with E-state index < -0.39 is 0 Å². The quantitative estimate of drug-likeness (QED) is 0.891. The molecule has 0 spiro atoms. The summed E-state index contributed by atoms with van der Waals surface area (Å²) >= 11 is 1.66. The number of piperidine rings is 1. The van der Waals surface area contributed by atoms with E-state index in [0.29, 0.717) is 12.5 Å². The number of hydrogen-bond acceptors (Lipinski definition) is 4. The number of halogens is 1. The Morgan fingerprint density at radius 3 is 3.21 bits per heavy atom.